The Labute approximate surface area is 102 Å². The van der Waals surface area contributed by atoms with Gasteiger partial charge in [-0.3, -0.25) is 0 Å². The molecular weight excluding hydrogens is 248 g/mol. The van der Waals surface area contributed by atoms with Crippen molar-refractivity contribution >= 4 is 11.3 Å². The van der Waals surface area contributed by atoms with Crippen molar-refractivity contribution in [1.82, 2.24) is 0 Å². The standard InChI is InChI=1S/C10H14O6S/c11-4-5-7(12)8(13)9(14)10(15-5)16-6-2-1-3-17-6/h1-3,5,7-14H,4H2/t5-,7+,8+,9-,10-/m1/s1. The number of hydrogen-bond acceptors (Lipinski definition) is 7. The first-order valence-corrected chi connectivity index (χ1v) is 6.02. The van der Waals surface area contributed by atoms with E-state index < -0.39 is 37.3 Å². The second kappa shape index (κ2) is 5.30. The van der Waals surface area contributed by atoms with Crippen LogP contribution in [0.15, 0.2) is 17.5 Å². The second-order valence-corrected chi connectivity index (χ2v) is 4.66. The van der Waals surface area contributed by atoms with Gasteiger partial charge in [0.15, 0.2) is 5.06 Å². The molecule has 6 nitrogen and oxygen atoms in total. The van der Waals surface area contributed by atoms with Gasteiger partial charge in [-0.05, 0) is 17.5 Å². The van der Waals surface area contributed by atoms with Gasteiger partial charge in [0.1, 0.15) is 24.4 Å². The van der Waals surface area contributed by atoms with Crippen LogP contribution in [-0.4, -0.2) is 57.7 Å². The maximum absolute atomic E-state index is 9.68. The molecule has 0 unspecified atom stereocenters. The van der Waals surface area contributed by atoms with Crippen LogP contribution in [0, 0.1) is 0 Å². The van der Waals surface area contributed by atoms with Gasteiger partial charge in [0.2, 0.25) is 6.29 Å². The van der Waals surface area contributed by atoms with Gasteiger partial charge in [0.25, 0.3) is 0 Å². The molecular formula is C10H14O6S. The summed E-state index contributed by atoms with van der Waals surface area (Å²) in [4.78, 5) is 0. The van der Waals surface area contributed by atoms with Crippen molar-refractivity contribution in [2.24, 2.45) is 0 Å². The van der Waals surface area contributed by atoms with Crippen molar-refractivity contribution in [2.45, 2.75) is 30.7 Å². The zero-order valence-electron chi connectivity index (χ0n) is 8.84. The summed E-state index contributed by atoms with van der Waals surface area (Å²) >= 11 is 1.31. The zero-order chi connectivity index (χ0) is 12.4. The van der Waals surface area contributed by atoms with E-state index in [0.717, 1.165) is 0 Å². The van der Waals surface area contributed by atoms with Gasteiger partial charge in [-0.2, -0.15) is 0 Å². The third kappa shape index (κ3) is 2.59. The molecule has 2 rings (SSSR count). The van der Waals surface area contributed by atoms with Crippen molar-refractivity contribution in [1.29, 1.82) is 0 Å². The number of hydrogen-bond donors (Lipinski definition) is 4. The molecule has 0 spiro atoms. The SMILES string of the molecule is OC[C@H]1O[C@H](Oc2cccs2)[C@H](O)[C@@H](O)[C@H]1O. The van der Waals surface area contributed by atoms with Crippen molar-refractivity contribution in [3.8, 4) is 5.06 Å². The second-order valence-electron chi connectivity index (χ2n) is 3.75. The molecule has 0 radical (unpaired) electrons. The van der Waals surface area contributed by atoms with Crippen molar-refractivity contribution in [3.05, 3.63) is 17.5 Å². The Kier molecular flexibility index (Phi) is 3.97. The lowest BCUT2D eigenvalue weighted by Gasteiger charge is -2.39. The smallest absolute Gasteiger partial charge is 0.230 e. The summed E-state index contributed by atoms with van der Waals surface area (Å²) in [5.74, 6) is 0. The molecule has 96 valence electrons. The van der Waals surface area contributed by atoms with Crippen LogP contribution in [0.2, 0.25) is 0 Å². The van der Waals surface area contributed by atoms with Gasteiger partial charge in [0, 0.05) is 0 Å². The molecule has 5 atom stereocenters. The van der Waals surface area contributed by atoms with E-state index in [-0.39, 0.29) is 0 Å². The third-order valence-corrected chi connectivity index (χ3v) is 3.33. The highest BCUT2D eigenvalue weighted by atomic mass is 32.1. The molecule has 0 aromatic carbocycles. The minimum absolute atomic E-state index is 0.463. The summed E-state index contributed by atoms with van der Waals surface area (Å²) < 4.78 is 10.5. The molecule has 1 fully saturated rings. The fraction of sp³-hybridized carbons (Fsp3) is 0.600. The van der Waals surface area contributed by atoms with E-state index in [9.17, 15) is 15.3 Å². The molecule has 1 aromatic heterocycles. The predicted octanol–water partition coefficient (Wildman–Crippen LogP) is -1.07. The van der Waals surface area contributed by atoms with Gasteiger partial charge in [-0.25, -0.2) is 0 Å². The molecule has 0 saturated carbocycles. The van der Waals surface area contributed by atoms with Gasteiger partial charge in [0.05, 0.1) is 6.61 Å². The lowest BCUT2D eigenvalue weighted by Crippen LogP contribution is -2.60. The number of rotatable bonds is 3. The molecule has 2 heterocycles. The van der Waals surface area contributed by atoms with Gasteiger partial charge < -0.3 is 29.9 Å². The first-order valence-electron chi connectivity index (χ1n) is 5.14. The molecule has 1 aliphatic heterocycles. The van der Waals surface area contributed by atoms with E-state index in [0.29, 0.717) is 5.06 Å². The number of aliphatic hydroxyl groups is 4. The summed E-state index contributed by atoms with van der Waals surface area (Å²) in [6, 6.07) is 3.45. The van der Waals surface area contributed by atoms with E-state index in [1.807, 2.05) is 0 Å². The minimum atomic E-state index is -1.41. The van der Waals surface area contributed by atoms with Crippen LogP contribution in [0.25, 0.3) is 0 Å². The summed E-state index contributed by atoms with van der Waals surface area (Å²) in [6.45, 7) is -0.463. The average molecular weight is 262 g/mol. The van der Waals surface area contributed by atoms with Crippen molar-refractivity contribution in [3.63, 3.8) is 0 Å². The maximum Gasteiger partial charge on any atom is 0.230 e. The van der Waals surface area contributed by atoms with Gasteiger partial charge in [-0.1, -0.05) is 0 Å². The summed E-state index contributed by atoms with van der Waals surface area (Å²) in [5, 5.41) is 40.1. The van der Waals surface area contributed by atoms with Crippen LogP contribution in [0.3, 0.4) is 0 Å². The lowest BCUT2D eigenvalue weighted by molar-refractivity contribution is -0.276. The Bertz CT molecular complexity index is 341. The Hall–Kier alpha value is -0.700. The fourth-order valence-electron chi connectivity index (χ4n) is 1.61. The van der Waals surface area contributed by atoms with Crippen LogP contribution in [0.5, 0.6) is 5.06 Å². The number of thiophene rings is 1. The van der Waals surface area contributed by atoms with Crippen LogP contribution in [0.4, 0.5) is 0 Å². The highest BCUT2D eigenvalue weighted by Gasteiger charge is 2.44. The topological polar surface area (TPSA) is 99.4 Å². The van der Waals surface area contributed by atoms with Crippen LogP contribution in [-0.2, 0) is 4.74 Å². The quantitative estimate of drug-likeness (QED) is 0.553. The van der Waals surface area contributed by atoms with E-state index in [1.165, 1.54) is 11.3 Å². The molecule has 0 aliphatic carbocycles. The highest BCUT2D eigenvalue weighted by molar-refractivity contribution is 7.11. The van der Waals surface area contributed by atoms with Crippen molar-refractivity contribution < 1.29 is 29.9 Å². The largest absolute Gasteiger partial charge is 0.452 e. The zero-order valence-corrected chi connectivity index (χ0v) is 9.66. The Balaban J connectivity index is 2.06. The highest BCUT2D eigenvalue weighted by Crippen LogP contribution is 2.26. The third-order valence-electron chi connectivity index (χ3n) is 2.58. The van der Waals surface area contributed by atoms with Gasteiger partial charge >= 0.3 is 0 Å². The fourth-order valence-corrected chi connectivity index (χ4v) is 2.21. The average Bonchev–Trinajstić information content (AvgIpc) is 2.83. The Morgan fingerprint density at radius 2 is 2.00 bits per heavy atom. The first kappa shape index (κ1) is 12.7. The number of aliphatic hydroxyl groups excluding tert-OH is 4. The van der Waals surface area contributed by atoms with E-state index >= 15 is 0 Å². The van der Waals surface area contributed by atoms with Gasteiger partial charge in [-0.15, -0.1) is 11.3 Å². The van der Waals surface area contributed by atoms with E-state index in [2.05, 4.69) is 0 Å². The normalized spacial score (nSPS) is 38.0. The van der Waals surface area contributed by atoms with E-state index in [4.69, 9.17) is 14.6 Å². The number of ether oxygens (including phenoxy) is 2. The lowest BCUT2D eigenvalue weighted by atomic mass is 9.99. The van der Waals surface area contributed by atoms with Crippen LogP contribution in [0.1, 0.15) is 0 Å². The summed E-state index contributed by atoms with van der Waals surface area (Å²) in [7, 11) is 0. The molecule has 4 N–H and O–H groups in total. The first-order chi connectivity index (χ1) is 8.13. The molecule has 1 aromatic rings. The van der Waals surface area contributed by atoms with Crippen molar-refractivity contribution in [2.75, 3.05) is 6.61 Å². The summed E-state index contributed by atoms with van der Waals surface area (Å²) in [5.41, 5.74) is 0. The minimum Gasteiger partial charge on any atom is -0.452 e. The maximum atomic E-state index is 9.68. The molecule has 17 heavy (non-hydrogen) atoms. The molecule has 1 saturated heterocycles. The molecule has 0 amide bonds. The Morgan fingerprint density at radius 1 is 1.24 bits per heavy atom. The predicted molar refractivity (Wildman–Crippen MR) is 58.7 cm³/mol. The van der Waals surface area contributed by atoms with E-state index in [1.54, 1.807) is 17.5 Å². The molecule has 7 heteroatoms. The monoisotopic (exact) mass is 262 g/mol. The molecule has 0 bridgehead atoms. The van der Waals surface area contributed by atoms with Crippen LogP contribution < -0.4 is 4.74 Å². The molecule has 1 aliphatic rings. The Morgan fingerprint density at radius 3 is 2.59 bits per heavy atom. The van der Waals surface area contributed by atoms with Crippen LogP contribution >= 0.6 is 11.3 Å². The summed E-state index contributed by atoms with van der Waals surface area (Å²) in [6.07, 6.45) is -6.19.